The summed E-state index contributed by atoms with van der Waals surface area (Å²) in [5.74, 6) is 1.13. The first-order valence-corrected chi connectivity index (χ1v) is 12.4. The van der Waals surface area contributed by atoms with Crippen molar-refractivity contribution in [3.05, 3.63) is 59.2 Å². The van der Waals surface area contributed by atoms with Gasteiger partial charge in [-0.25, -0.2) is 0 Å². The third-order valence-electron chi connectivity index (χ3n) is 6.58. The van der Waals surface area contributed by atoms with E-state index in [0.717, 1.165) is 69.6 Å². The minimum absolute atomic E-state index is 0.0675. The van der Waals surface area contributed by atoms with Crippen molar-refractivity contribution >= 4 is 35.1 Å². The predicted molar refractivity (Wildman–Crippen MR) is 137 cm³/mol. The Bertz CT molecular complexity index is 1250. The molecule has 0 bridgehead atoms. The molecule has 3 aromatic rings. The summed E-state index contributed by atoms with van der Waals surface area (Å²) >= 11 is 0. The maximum Gasteiger partial charge on any atom is 0.416 e. The van der Waals surface area contributed by atoms with E-state index in [1.165, 1.54) is 12.1 Å². The van der Waals surface area contributed by atoms with Crippen molar-refractivity contribution in [1.82, 2.24) is 15.0 Å². The second-order valence-corrected chi connectivity index (χ2v) is 9.33. The van der Waals surface area contributed by atoms with Crippen molar-refractivity contribution in [2.75, 3.05) is 46.6 Å². The van der Waals surface area contributed by atoms with Crippen molar-refractivity contribution in [1.29, 1.82) is 0 Å². The highest BCUT2D eigenvalue weighted by molar-refractivity contribution is 6.05. The fraction of sp³-hybridized carbons (Fsp3) is 0.385. The number of nitrogens with one attached hydrogen (secondary N) is 2. The van der Waals surface area contributed by atoms with Gasteiger partial charge in [0.05, 0.1) is 5.56 Å². The van der Waals surface area contributed by atoms with Gasteiger partial charge in [0, 0.05) is 43.1 Å². The van der Waals surface area contributed by atoms with Crippen LogP contribution in [-0.2, 0) is 6.18 Å². The highest BCUT2D eigenvalue weighted by Crippen LogP contribution is 2.31. The number of benzene rings is 2. The number of carbonyl (C=O) groups is 1. The number of rotatable bonds is 6. The first kappa shape index (κ1) is 24.8. The number of carbonyl (C=O) groups excluding carboxylic acids is 1. The lowest BCUT2D eigenvalue weighted by Crippen LogP contribution is -2.26. The Hall–Kier alpha value is -3.89. The Morgan fingerprint density at radius 2 is 1.49 bits per heavy atom. The predicted octanol–water partition coefficient (Wildman–Crippen LogP) is 5.40. The van der Waals surface area contributed by atoms with E-state index in [9.17, 15) is 18.0 Å². The number of hydrogen-bond donors (Lipinski definition) is 2. The fourth-order valence-electron chi connectivity index (χ4n) is 4.52. The topological polar surface area (TPSA) is 86.3 Å². The Balaban J connectivity index is 1.39. The molecule has 1 amide bonds. The van der Waals surface area contributed by atoms with E-state index in [1.807, 2.05) is 6.92 Å². The fourth-order valence-corrected chi connectivity index (χ4v) is 4.52. The zero-order valence-electron chi connectivity index (χ0n) is 20.5. The molecule has 0 unspecified atom stereocenters. The largest absolute Gasteiger partial charge is 0.416 e. The van der Waals surface area contributed by atoms with Crippen molar-refractivity contribution in [2.45, 2.75) is 38.8 Å². The van der Waals surface area contributed by atoms with E-state index >= 15 is 0 Å². The number of alkyl halides is 3. The molecule has 1 aromatic heterocycles. The molecule has 2 fully saturated rings. The van der Waals surface area contributed by atoms with Gasteiger partial charge in [-0.2, -0.15) is 28.1 Å². The molecule has 5 rings (SSSR count). The second-order valence-electron chi connectivity index (χ2n) is 9.33. The van der Waals surface area contributed by atoms with Crippen LogP contribution in [0.4, 0.5) is 42.4 Å². The molecule has 194 valence electrons. The van der Waals surface area contributed by atoms with Gasteiger partial charge in [-0.1, -0.05) is 12.1 Å². The molecule has 2 aromatic carbocycles. The zero-order valence-corrected chi connectivity index (χ0v) is 20.5. The van der Waals surface area contributed by atoms with Crippen molar-refractivity contribution in [3.63, 3.8) is 0 Å². The molecule has 0 aliphatic carbocycles. The van der Waals surface area contributed by atoms with Gasteiger partial charge in [-0.15, -0.1) is 0 Å². The lowest BCUT2D eigenvalue weighted by atomic mass is 10.1. The van der Waals surface area contributed by atoms with Crippen molar-refractivity contribution in [2.24, 2.45) is 0 Å². The van der Waals surface area contributed by atoms with Crippen molar-refractivity contribution in [3.8, 4) is 0 Å². The van der Waals surface area contributed by atoms with Gasteiger partial charge in [0.25, 0.3) is 5.91 Å². The third kappa shape index (κ3) is 5.76. The van der Waals surface area contributed by atoms with Crippen LogP contribution >= 0.6 is 0 Å². The Morgan fingerprint density at radius 3 is 2.08 bits per heavy atom. The van der Waals surface area contributed by atoms with E-state index in [1.54, 1.807) is 18.2 Å². The van der Waals surface area contributed by atoms with Crippen LogP contribution in [-0.4, -0.2) is 47.0 Å². The van der Waals surface area contributed by atoms with Crippen LogP contribution in [0.5, 0.6) is 0 Å². The zero-order chi connectivity index (χ0) is 26.0. The highest BCUT2D eigenvalue weighted by atomic mass is 19.4. The number of anilines is 5. The summed E-state index contributed by atoms with van der Waals surface area (Å²) in [4.78, 5) is 31.2. The maximum absolute atomic E-state index is 13.0. The molecule has 0 saturated carbocycles. The van der Waals surface area contributed by atoms with Gasteiger partial charge in [0.2, 0.25) is 17.8 Å². The molecule has 0 atom stereocenters. The van der Waals surface area contributed by atoms with Crippen LogP contribution < -0.4 is 20.4 Å². The summed E-state index contributed by atoms with van der Waals surface area (Å²) in [6, 6.07) is 9.60. The quantitative estimate of drug-likeness (QED) is 0.459. The molecule has 37 heavy (non-hydrogen) atoms. The van der Waals surface area contributed by atoms with Crippen LogP contribution in [0.25, 0.3) is 0 Å². The SMILES string of the molecule is Cc1ccc(C(=O)Nc2cccc(C(F)(F)F)c2)cc1Nc1nc(N2CCCC2)nc(N2CCCC2)n1. The Morgan fingerprint density at radius 1 is 0.865 bits per heavy atom. The summed E-state index contributed by atoms with van der Waals surface area (Å²) < 4.78 is 39.1. The van der Waals surface area contributed by atoms with Gasteiger partial charge in [0.15, 0.2) is 0 Å². The average molecular weight is 512 g/mol. The molecule has 2 aliphatic rings. The van der Waals surface area contributed by atoms with Gasteiger partial charge in [-0.3, -0.25) is 4.79 Å². The lowest BCUT2D eigenvalue weighted by Gasteiger charge is -2.21. The summed E-state index contributed by atoms with van der Waals surface area (Å²) in [6.07, 6.45) is -0.120. The number of nitrogens with zero attached hydrogens (tertiary/aromatic N) is 5. The molecule has 8 nitrogen and oxygen atoms in total. The van der Waals surface area contributed by atoms with E-state index in [4.69, 9.17) is 4.98 Å². The van der Waals surface area contributed by atoms with Crippen molar-refractivity contribution < 1.29 is 18.0 Å². The van der Waals surface area contributed by atoms with Gasteiger partial charge < -0.3 is 20.4 Å². The minimum atomic E-state index is -4.49. The Kier molecular flexibility index (Phi) is 6.86. The van der Waals surface area contributed by atoms with Gasteiger partial charge >= 0.3 is 6.18 Å². The number of halogens is 3. The highest BCUT2D eigenvalue weighted by Gasteiger charge is 2.30. The van der Waals surface area contributed by atoms with Gasteiger partial charge in [-0.05, 0) is 68.5 Å². The maximum atomic E-state index is 13.0. The normalized spacial score (nSPS) is 15.8. The average Bonchev–Trinajstić information content (AvgIpc) is 3.60. The first-order valence-electron chi connectivity index (χ1n) is 12.4. The molecule has 3 heterocycles. The first-order chi connectivity index (χ1) is 17.8. The molecule has 0 spiro atoms. The van der Waals surface area contributed by atoms with Crippen LogP contribution in [0.2, 0.25) is 0 Å². The van der Waals surface area contributed by atoms with E-state index < -0.39 is 17.6 Å². The summed E-state index contributed by atoms with van der Waals surface area (Å²) in [5, 5.41) is 5.80. The molecule has 2 aliphatic heterocycles. The molecule has 2 N–H and O–H groups in total. The summed E-state index contributed by atoms with van der Waals surface area (Å²) in [5.41, 5.74) is 1.02. The number of amides is 1. The van der Waals surface area contributed by atoms with Crippen LogP contribution in [0.3, 0.4) is 0 Å². The summed E-state index contributed by atoms with van der Waals surface area (Å²) in [6.45, 7) is 5.47. The van der Waals surface area contributed by atoms with Gasteiger partial charge in [0.1, 0.15) is 0 Å². The lowest BCUT2D eigenvalue weighted by molar-refractivity contribution is -0.137. The molecular formula is C26H28F3N7O. The van der Waals surface area contributed by atoms with E-state index in [0.29, 0.717) is 29.1 Å². The monoisotopic (exact) mass is 511 g/mol. The number of hydrogen-bond acceptors (Lipinski definition) is 7. The third-order valence-corrected chi connectivity index (χ3v) is 6.58. The smallest absolute Gasteiger partial charge is 0.341 e. The number of aromatic nitrogens is 3. The molecule has 11 heteroatoms. The standard InChI is InChI=1S/C26H28F3N7O/c1-17-9-10-18(22(37)30-20-8-6-7-19(16-20)26(27,28)29)15-21(17)31-23-32-24(35-11-2-3-12-35)34-25(33-23)36-13-4-5-14-36/h6-10,15-16H,2-5,11-14H2,1H3,(H,30,37)(H,31,32,33,34). The minimum Gasteiger partial charge on any atom is -0.341 e. The second kappa shape index (κ2) is 10.2. The van der Waals surface area contributed by atoms with E-state index in [-0.39, 0.29) is 5.69 Å². The summed E-state index contributed by atoms with van der Waals surface area (Å²) in [7, 11) is 0. The molecule has 0 radical (unpaired) electrons. The van der Waals surface area contributed by atoms with Crippen LogP contribution in [0, 0.1) is 6.92 Å². The van der Waals surface area contributed by atoms with Crippen LogP contribution in [0.1, 0.15) is 47.2 Å². The Labute approximate surface area is 212 Å². The molecular weight excluding hydrogens is 483 g/mol. The van der Waals surface area contributed by atoms with Crippen LogP contribution in [0.15, 0.2) is 42.5 Å². The van der Waals surface area contributed by atoms with E-state index in [2.05, 4.69) is 30.4 Å². The number of aryl methyl sites for hydroxylation is 1. The molecule has 2 saturated heterocycles.